The normalized spacial score (nSPS) is 12.2. The lowest BCUT2D eigenvalue weighted by Crippen LogP contribution is -2.30. The lowest BCUT2D eigenvalue weighted by atomic mass is 10.4. The zero-order valence-corrected chi connectivity index (χ0v) is 5.71. The van der Waals surface area contributed by atoms with E-state index in [-0.39, 0.29) is 11.9 Å². The molecule has 0 saturated carbocycles. The number of hydrogen-bond donors (Lipinski definition) is 1. The molecule has 0 aromatic rings. The Morgan fingerprint density at radius 3 is 2.50 bits per heavy atom. The summed E-state index contributed by atoms with van der Waals surface area (Å²) in [7, 11) is 0. The van der Waals surface area contributed by atoms with Gasteiger partial charge < -0.3 is 5.32 Å². The largest absolute Gasteiger partial charge is 0.349 e. The molecule has 3 heteroatoms. The zero-order valence-electron chi connectivity index (χ0n) is 4.89. The monoisotopic (exact) mass is 130 g/mol. The van der Waals surface area contributed by atoms with Gasteiger partial charge in [0.25, 0.3) is 0 Å². The topological polar surface area (TPSA) is 29.1 Å². The molecular weight excluding hydrogens is 122 g/mol. The average molecular weight is 130 g/mol. The van der Waals surface area contributed by atoms with Crippen molar-refractivity contribution in [1.29, 1.82) is 0 Å². The lowest BCUT2D eigenvalue weighted by molar-refractivity contribution is -0.119. The lowest BCUT2D eigenvalue weighted by Gasteiger charge is -2.02. The van der Waals surface area contributed by atoms with Crippen molar-refractivity contribution in [2.45, 2.75) is 19.9 Å². The van der Waals surface area contributed by atoms with E-state index in [4.69, 9.17) is 0 Å². The van der Waals surface area contributed by atoms with Crippen LogP contribution in [0.1, 0.15) is 13.8 Å². The summed E-state index contributed by atoms with van der Waals surface area (Å²) in [4.78, 5) is 10.2. The number of carbonyl (C=O) groups is 1. The molecule has 0 aliphatic heterocycles. The first kappa shape index (κ1) is 7.56. The molecule has 1 amide bonds. The Morgan fingerprint density at radius 1 is 1.88 bits per heavy atom. The highest BCUT2D eigenvalue weighted by molar-refractivity contribution is 7.79. The first-order valence-corrected chi connectivity index (χ1v) is 2.72. The first-order valence-electron chi connectivity index (χ1n) is 2.31. The van der Waals surface area contributed by atoms with Gasteiger partial charge in [-0.15, -0.1) is 0 Å². The van der Waals surface area contributed by atoms with Crippen molar-refractivity contribution in [3.63, 3.8) is 0 Å². The van der Waals surface area contributed by atoms with Crippen molar-refractivity contribution in [1.82, 2.24) is 5.32 Å². The maximum atomic E-state index is 10.2. The van der Waals surface area contributed by atoms with E-state index in [1.165, 1.54) is 6.92 Å². The Balaban J connectivity index is 3.38. The fraction of sp³-hybridized carbons (Fsp3) is 0.600. The molecule has 0 saturated heterocycles. The van der Waals surface area contributed by atoms with Gasteiger partial charge in [0.05, 0.1) is 11.4 Å². The quantitative estimate of drug-likeness (QED) is 0.548. The molecule has 0 aliphatic carbocycles. The predicted molar refractivity (Wildman–Crippen MR) is 35.9 cm³/mol. The third-order valence-corrected chi connectivity index (χ3v) is 0.950. The molecule has 0 fully saturated rings. The summed E-state index contributed by atoms with van der Waals surface area (Å²) in [5, 5.41) is 4.99. The van der Waals surface area contributed by atoms with Gasteiger partial charge in [0.1, 0.15) is 0 Å². The molecule has 0 aromatic carbocycles. The predicted octanol–water partition coefficient (Wildman–Crippen LogP) is 0.388. The minimum Gasteiger partial charge on any atom is -0.349 e. The van der Waals surface area contributed by atoms with Gasteiger partial charge in [-0.2, -0.15) is 0 Å². The Morgan fingerprint density at radius 2 is 2.38 bits per heavy atom. The van der Waals surface area contributed by atoms with Gasteiger partial charge in [0.15, 0.2) is 0 Å². The van der Waals surface area contributed by atoms with Crippen molar-refractivity contribution in [2.75, 3.05) is 0 Å². The number of nitrogens with one attached hydrogen (secondary N) is 1. The maximum Gasteiger partial charge on any atom is 0.217 e. The van der Waals surface area contributed by atoms with Crippen LogP contribution in [0.15, 0.2) is 0 Å². The van der Waals surface area contributed by atoms with Gasteiger partial charge in [-0.3, -0.25) is 4.79 Å². The SMILES string of the molecule is CC(=O)NC(C)[C]=S. The van der Waals surface area contributed by atoms with Gasteiger partial charge in [-0.25, -0.2) is 0 Å². The number of hydrogen-bond acceptors (Lipinski definition) is 2. The third kappa shape index (κ3) is 3.74. The van der Waals surface area contributed by atoms with E-state index >= 15 is 0 Å². The van der Waals surface area contributed by atoms with E-state index in [1.54, 1.807) is 6.92 Å². The second-order valence-corrected chi connectivity index (χ2v) is 1.78. The van der Waals surface area contributed by atoms with E-state index in [0.717, 1.165) is 0 Å². The summed E-state index contributed by atoms with van der Waals surface area (Å²) in [5.74, 6) is -0.0742. The van der Waals surface area contributed by atoms with E-state index < -0.39 is 0 Å². The van der Waals surface area contributed by atoms with Crippen molar-refractivity contribution in [3.05, 3.63) is 0 Å². The Hall–Kier alpha value is -0.440. The van der Waals surface area contributed by atoms with Gasteiger partial charge >= 0.3 is 0 Å². The van der Waals surface area contributed by atoms with Crippen LogP contribution in [0.4, 0.5) is 0 Å². The maximum absolute atomic E-state index is 10.2. The summed E-state index contributed by atoms with van der Waals surface area (Å²) in [6.07, 6.45) is 0. The molecule has 0 rings (SSSR count). The van der Waals surface area contributed by atoms with Crippen LogP contribution in [0.3, 0.4) is 0 Å². The van der Waals surface area contributed by atoms with Crippen LogP contribution in [-0.4, -0.2) is 17.3 Å². The molecule has 8 heavy (non-hydrogen) atoms. The minimum absolute atomic E-state index is 0.0742. The van der Waals surface area contributed by atoms with Crippen molar-refractivity contribution >= 4 is 23.5 Å². The molecule has 1 radical (unpaired) electrons. The minimum atomic E-state index is -0.109. The Bertz CT molecular complexity index is 103. The van der Waals surface area contributed by atoms with Crippen molar-refractivity contribution in [2.24, 2.45) is 0 Å². The number of amides is 1. The molecule has 0 aliphatic rings. The molecule has 0 spiro atoms. The molecule has 1 unspecified atom stereocenters. The van der Waals surface area contributed by atoms with Gasteiger partial charge in [-0.05, 0) is 6.92 Å². The van der Waals surface area contributed by atoms with E-state index in [2.05, 4.69) is 22.9 Å². The van der Waals surface area contributed by atoms with Crippen LogP contribution in [0.5, 0.6) is 0 Å². The standard InChI is InChI=1S/C5H8NOS/c1-4(3-8)6-5(2)7/h4H,1-2H3,(H,6,7). The van der Waals surface area contributed by atoms with Crippen molar-refractivity contribution < 1.29 is 4.79 Å². The first-order chi connectivity index (χ1) is 3.66. The summed E-state index contributed by atoms with van der Waals surface area (Å²) < 4.78 is 0. The van der Waals surface area contributed by atoms with Crippen LogP contribution < -0.4 is 5.32 Å². The Kier molecular flexibility index (Phi) is 3.35. The average Bonchev–Trinajstić information content (AvgIpc) is 1.65. The molecular formula is C5H8NOS. The number of carbonyl (C=O) groups excluding carboxylic acids is 1. The summed E-state index contributed by atoms with van der Waals surface area (Å²) in [5.41, 5.74) is 0. The molecule has 45 valence electrons. The molecule has 0 aromatic heterocycles. The second kappa shape index (κ2) is 3.55. The Labute approximate surface area is 54.3 Å². The smallest absolute Gasteiger partial charge is 0.217 e. The second-order valence-electron chi connectivity index (χ2n) is 1.54. The van der Waals surface area contributed by atoms with Crippen LogP contribution >= 0.6 is 12.2 Å². The van der Waals surface area contributed by atoms with Gasteiger partial charge in [0.2, 0.25) is 5.91 Å². The molecule has 1 N–H and O–H groups in total. The summed E-state index contributed by atoms with van der Waals surface area (Å²) in [6.45, 7) is 3.22. The van der Waals surface area contributed by atoms with E-state index in [9.17, 15) is 4.79 Å². The molecule has 0 bridgehead atoms. The number of thiocarbonyl (C=S) groups is 1. The number of rotatable bonds is 2. The highest BCUT2D eigenvalue weighted by Gasteiger charge is 1.95. The zero-order chi connectivity index (χ0) is 6.57. The van der Waals surface area contributed by atoms with E-state index in [0.29, 0.717) is 0 Å². The molecule has 1 atom stereocenters. The van der Waals surface area contributed by atoms with Crippen LogP contribution in [0, 0.1) is 0 Å². The highest BCUT2D eigenvalue weighted by Crippen LogP contribution is 1.73. The fourth-order valence-electron chi connectivity index (χ4n) is 0.334. The van der Waals surface area contributed by atoms with Gasteiger partial charge in [0, 0.05) is 6.92 Å². The van der Waals surface area contributed by atoms with E-state index in [1.807, 2.05) is 0 Å². The van der Waals surface area contributed by atoms with Gasteiger partial charge in [-0.1, -0.05) is 12.2 Å². The van der Waals surface area contributed by atoms with Crippen LogP contribution in [-0.2, 0) is 4.79 Å². The molecule has 2 nitrogen and oxygen atoms in total. The summed E-state index contributed by atoms with van der Waals surface area (Å²) in [6, 6.07) is -0.109. The fourth-order valence-corrected chi connectivity index (χ4v) is 0.393. The molecule has 0 heterocycles. The van der Waals surface area contributed by atoms with Crippen LogP contribution in [0.25, 0.3) is 0 Å². The third-order valence-electron chi connectivity index (χ3n) is 0.597. The highest BCUT2D eigenvalue weighted by atomic mass is 32.1. The van der Waals surface area contributed by atoms with Crippen molar-refractivity contribution in [3.8, 4) is 0 Å². The summed E-state index contributed by atoms with van der Waals surface area (Å²) >= 11 is 4.43. The van der Waals surface area contributed by atoms with Crippen LogP contribution in [0.2, 0.25) is 0 Å².